The lowest BCUT2D eigenvalue weighted by atomic mass is 9.80. The van der Waals surface area contributed by atoms with Crippen molar-refractivity contribution in [2.75, 3.05) is 14.2 Å². The van der Waals surface area contributed by atoms with Crippen LogP contribution in [-0.4, -0.2) is 20.1 Å². The quantitative estimate of drug-likeness (QED) is 0.655. The van der Waals surface area contributed by atoms with Crippen LogP contribution in [0, 0.1) is 5.41 Å². The lowest BCUT2D eigenvalue weighted by molar-refractivity contribution is -0.152. The Bertz CT molecular complexity index is 404. The smallest absolute Gasteiger partial charge is 0.313 e. The maximum atomic E-state index is 11.8. The molecular formula is C13H20NO2P. The van der Waals surface area contributed by atoms with Crippen LogP contribution in [0.15, 0.2) is 24.3 Å². The topological polar surface area (TPSA) is 38.3 Å². The van der Waals surface area contributed by atoms with Gasteiger partial charge in [-0.05, 0) is 31.8 Å². The van der Waals surface area contributed by atoms with Gasteiger partial charge in [0.05, 0.1) is 12.5 Å². The molecule has 0 aliphatic rings. The number of ether oxygens (including phenoxy) is 1. The minimum Gasteiger partial charge on any atom is -0.469 e. The minimum absolute atomic E-state index is 0.0737. The standard InChI is InChI=1S/C13H20NO2P/c1-13(2,12(15)16-4)11(14-3)9-6-5-7-10(17)8-9/h5-8,11,14H,17H2,1-4H3. The molecule has 0 aliphatic carbocycles. The molecule has 0 amide bonds. The normalized spacial score (nSPS) is 13.2. The minimum atomic E-state index is -0.609. The number of benzene rings is 1. The summed E-state index contributed by atoms with van der Waals surface area (Å²) in [6, 6.07) is 7.98. The number of methoxy groups -OCH3 is 1. The van der Waals surface area contributed by atoms with Crippen molar-refractivity contribution >= 4 is 20.5 Å². The largest absolute Gasteiger partial charge is 0.469 e. The molecule has 1 aromatic carbocycles. The van der Waals surface area contributed by atoms with Gasteiger partial charge in [0.25, 0.3) is 0 Å². The Kier molecular flexibility index (Phi) is 4.67. The number of rotatable bonds is 4. The Morgan fingerprint density at radius 1 is 1.47 bits per heavy atom. The molecule has 0 aliphatic heterocycles. The molecule has 0 bridgehead atoms. The Balaban J connectivity index is 3.11. The monoisotopic (exact) mass is 253 g/mol. The Hall–Kier alpha value is -0.920. The van der Waals surface area contributed by atoms with Crippen LogP contribution in [0.1, 0.15) is 25.5 Å². The van der Waals surface area contributed by atoms with Crippen LogP contribution in [0.3, 0.4) is 0 Å². The fourth-order valence-electron chi connectivity index (χ4n) is 2.06. The van der Waals surface area contributed by atoms with Gasteiger partial charge in [0.2, 0.25) is 0 Å². The van der Waals surface area contributed by atoms with E-state index < -0.39 is 5.41 Å². The number of carbonyl (C=O) groups is 1. The molecule has 0 saturated carbocycles. The van der Waals surface area contributed by atoms with Gasteiger partial charge in [-0.2, -0.15) is 0 Å². The lowest BCUT2D eigenvalue weighted by Gasteiger charge is -2.32. The van der Waals surface area contributed by atoms with Crippen LogP contribution in [0.5, 0.6) is 0 Å². The maximum absolute atomic E-state index is 11.8. The third-order valence-electron chi connectivity index (χ3n) is 2.97. The zero-order valence-electron chi connectivity index (χ0n) is 10.8. The number of hydrogen-bond donors (Lipinski definition) is 1. The van der Waals surface area contributed by atoms with E-state index in [4.69, 9.17) is 4.74 Å². The molecular weight excluding hydrogens is 233 g/mol. The van der Waals surface area contributed by atoms with Crippen LogP contribution < -0.4 is 10.6 Å². The van der Waals surface area contributed by atoms with Crippen molar-refractivity contribution < 1.29 is 9.53 Å². The van der Waals surface area contributed by atoms with Crippen LogP contribution in [0.4, 0.5) is 0 Å². The first-order valence-electron chi connectivity index (χ1n) is 5.54. The van der Waals surface area contributed by atoms with Crippen molar-refractivity contribution in [3.8, 4) is 0 Å². The summed E-state index contributed by atoms with van der Waals surface area (Å²) < 4.78 is 4.87. The first kappa shape index (κ1) is 14.1. The lowest BCUT2D eigenvalue weighted by Crippen LogP contribution is -2.39. The Labute approximate surface area is 105 Å². The Morgan fingerprint density at radius 2 is 2.12 bits per heavy atom. The van der Waals surface area contributed by atoms with Gasteiger partial charge in [-0.15, -0.1) is 9.24 Å². The fourth-order valence-corrected chi connectivity index (χ4v) is 2.37. The summed E-state index contributed by atoms with van der Waals surface area (Å²) in [5, 5.41) is 4.29. The summed E-state index contributed by atoms with van der Waals surface area (Å²) in [5.41, 5.74) is 0.470. The first-order chi connectivity index (χ1) is 7.93. The van der Waals surface area contributed by atoms with Crippen molar-refractivity contribution in [3.63, 3.8) is 0 Å². The average Bonchev–Trinajstić information content (AvgIpc) is 2.28. The average molecular weight is 253 g/mol. The van der Waals surface area contributed by atoms with Crippen LogP contribution in [0.2, 0.25) is 0 Å². The van der Waals surface area contributed by atoms with E-state index in [0.29, 0.717) is 0 Å². The van der Waals surface area contributed by atoms with Crippen molar-refractivity contribution in [2.45, 2.75) is 19.9 Å². The van der Waals surface area contributed by atoms with E-state index >= 15 is 0 Å². The molecule has 0 fully saturated rings. The number of carbonyl (C=O) groups excluding carboxylic acids is 1. The molecule has 4 heteroatoms. The summed E-state index contributed by atoms with van der Waals surface area (Å²) >= 11 is 0. The highest BCUT2D eigenvalue weighted by Crippen LogP contribution is 2.33. The molecule has 2 unspecified atom stereocenters. The van der Waals surface area contributed by atoms with Crippen LogP contribution in [0.25, 0.3) is 0 Å². The van der Waals surface area contributed by atoms with Gasteiger partial charge < -0.3 is 10.1 Å². The fraction of sp³-hybridized carbons (Fsp3) is 0.462. The summed E-state index contributed by atoms with van der Waals surface area (Å²) in [6.07, 6.45) is 0. The van der Waals surface area contributed by atoms with Crippen molar-refractivity contribution in [3.05, 3.63) is 29.8 Å². The molecule has 17 heavy (non-hydrogen) atoms. The van der Waals surface area contributed by atoms with Gasteiger partial charge >= 0.3 is 5.97 Å². The molecule has 0 heterocycles. The number of nitrogens with one attached hydrogen (secondary N) is 1. The molecule has 0 saturated heterocycles. The van der Waals surface area contributed by atoms with Crippen molar-refractivity contribution in [2.24, 2.45) is 5.41 Å². The van der Waals surface area contributed by atoms with Crippen LogP contribution >= 0.6 is 9.24 Å². The second kappa shape index (κ2) is 5.61. The summed E-state index contributed by atoms with van der Waals surface area (Å²) in [7, 11) is 5.93. The molecule has 3 nitrogen and oxygen atoms in total. The molecule has 94 valence electrons. The third-order valence-corrected chi connectivity index (χ3v) is 3.32. The van der Waals surface area contributed by atoms with Gasteiger partial charge in [-0.1, -0.05) is 24.3 Å². The van der Waals surface area contributed by atoms with E-state index in [9.17, 15) is 4.79 Å². The molecule has 2 atom stereocenters. The summed E-state index contributed by atoms with van der Waals surface area (Å²) in [5.74, 6) is -0.217. The van der Waals surface area contributed by atoms with Gasteiger partial charge in [0, 0.05) is 6.04 Å². The van der Waals surface area contributed by atoms with Gasteiger partial charge in [-0.3, -0.25) is 4.79 Å². The zero-order chi connectivity index (χ0) is 13.1. The van der Waals surface area contributed by atoms with Crippen molar-refractivity contribution in [1.29, 1.82) is 0 Å². The SMILES string of the molecule is CNC(c1cccc(P)c1)C(C)(C)C(=O)OC. The first-order valence-corrected chi connectivity index (χ1v) is 6.12. The second-order valence-corrected chi connectivity index (χ2v) is 5.27. The van der Waals surface area contributed by atoms with Gasteiger partial charge in [-0.25, -0.2) is 0 Å². The summed E-state index contributed by atoms with van der Waals surface area (Å²) in [4.78, 5) is 11.8. The highest BCUT2D eigenvalue weighted by atomic mass is 31.0. The third kappa shape index (κ3) is 3.05. The van der Waals surface area contributed by atoms with Gasteiger partial charge in [0.1, 0.15) is 0 Å². The van der Waals surface area contributed by atoms with E-state index in [1.807, 2.05) is 39.1 Å². The number of hydrogen-bond acceptors (Lipinski definition) is 3. The highest BCUT2D eigenvalue weighted by molar-refractivity contribution is 7.27. The Morgan fingerprint density at radius 3 is 2.59 bits per heavy atom. The molecule has 1 N–H and O–H groups in total. The second-order valence-electron chi connectivity index (χ2n) is 4.61. The molecule has 0 spiro atoms. The van der Waals surface area contributed by atoms with Crippen LogP contribution in [-0.2, 0) is 9.53 Å². The molecule has 0 aromatic heterocycles. The molecule has 0 radical (unpaired) electrons. The predicted molar refractivity (Wildman–Crippen MR) is 73.4 cm³/mol. The number of esters is 1. The summed E-state index contributed by atoms with van der Waals surface area (Å²) in [6.45, 7) is 3.77. The van der Waals surface area contributed by atoms with E-state index in [0.717, 1.165) is 10.9 Å². The van der Waals surface area contributed by atoms with E-state index in [1.54, 1.807) is 0 Å². The molecule has 1 aromatic rings. The predicted octanol–water partition coefficient (Wildman–Crippen LogP) is 1.65. The molecule has 1 rings (SSSR count). The van der Waals surface area contributed by atoms with E-state index in [2.05, 4.69) is 20.6 Å². The maximum Gasteiger partial charge on any atom is 0.313 e. The van der Waals surface area contributed by atoms with Crippen molar-refractivity contribution in [1.82, 2.24) is 5.32 Å². The van der Waals surface area contributed by atoms with E-state index in [-0.39, 0.29) is 12.0 Å². The van der Waals surface area contributed by atoms with E-state index in [1.165, 1.54) is 7.11 Å². The highest BCUT2D eigenvalue weighted by Gasteiger charge is 2.37. The van der Waals surface area contributed by atoms with Gasteiger partial charge in [0.15, 0.2) is 0 Å². The zero-order valence-corrected chi connectivity index (χ0v) is 11.9.